The number of hydrogen-bond acceptors (Lipinski definition) is 2. The molecule has 1 rings (SSSR count). The molecule has 0 aromatic heterocycles. The Morgan fingerprint density at radius 3 is 2.71 bits per heavy atom. The third-order valence-electron chi connectivity index (χ3n) is 1.81. The zero-order chi connectivity index (χ0) is 10.7. The van der Waals surface area contributed by atoms with Gasteiger partial charge in [0.2, 0.25) is 0 Å². The van der Waals surface area contributed by atoms with Gasteiger partial charge in [0, 0.05) is 4.47 Å². The summed E-state index contributed by atoms with van der Waals surface area (Å²) in [7, 11) is 0. The summed E-state index contributed by atoms with van der Waals surface area (Å²) in [4.78, 5) is 11.0. The molecule has 0 radical (unpaired) electrons. The number of Topliss-reactive ketones (excluding diaryl/α,β-unsaturated/α-hetero) is 1. The van der Waals surface area contributed by atoms with Gasteiger partial charge in [-0.2, -0.15) is 0 Å². The van der Waals surface area contributed by atoms with E-state index in [2.05, 4.69) is 15.9 Å². The van der Waals surface area contributed by atoms with Gasteiger partial charge in [-0.25, -0.2) is 0 Å². The normalized spacial score (nSPS) is 12.6. The highest BCUT2D eigenvalue weighted by Crippen LogP contribution is 2.26. The van der Waals surface area contributed by atoms with Crippen LogP contribution in [0.15, 0.2) is 22.7 Å². The molecule has 0 saturated carbocycles. The van der Waals surface area contributed by atoms with E-state index in [4.69, 9.17) is 16.7 Å². The number of benzene rings is 1. The molecule has 14 heavy (non-hydrogen) atoms. The predicted octanol–water partition coefficient (Wildman–Crippen LogP) is 2.81. The largest absolute Gasteiger partial charge is 0.392 e. The molecule has 0 heterocycles. The van der Waals surface area contributed by atoms with E-state index in [1.807, 2.05) is 0 Å². The average Bonchev–Trinajstić information content (AvgIpc) is 2.15. The summed E-state index contributed by atoms with van der Waals surface area (Å²) in [6.45, 7) is 1.38. The van der Waals surface area contributed by atoms with Crippen LogP contribution in [0.2, 0.25) is 0 Å². The summed E-state index contributed by atoms with van der Waals surface area (Å²) in [6, 6.07) is 5.29. The van der Waals surface area contributed by atoms with Crippen molar-refractivity contribution in [1.82, 2.24) is 0 Å². The molecule has 0 spiro atoms. The number of aliphatic hydroxyl groups excluding tert-OH is 1. The highest BCUT2D eigenvalue weighted by Gasteiger charge is 2.13. The third kappa shape index (κ3) is 2.80. The zero-order valence-corrected chi connectivity index (χ0v) is 9.97. The van der Waals surface area contributed by atoms with Gasteiger partial charge in [0.15, 0.2) is 5.78 Å². The van der Waals surface area contributed by atoms with Crippen molar-refractivity contribution in [2.75, 3.05) is 0 Å². The molecule has 0 amide bonds. The molecule has 0 saturated heterocycles. The molecule has 4 heteroatoms. The number of carbonyl (C=O) groups is 1. The molecule has 1 aromatic carbocycles. The quantitative estimate of drug-likeness (QED) is 0.863. The lowest BCUT2D eigenvalue weighted by molar-refractivity contribution is -0.116. The Labute approximate surface area is 96.0 Å². The first-order valence-electron chi connectivity index (χ1n) is 4.09. The SMILES string of the molecule is CC(=O)C(Cl)c1cc(Br)cc(CO)c1. The first-order chi connectivity index (χ1) is 6.54. The summed E-state index contributed by atoms with van der Waals surface area (Å²) in [5.41, 5.74) is 1.44. The van der Waals surface area contributed by atoms with E-state index in [0.717, 1.165) is 10.0 Å². The molecule has 1 atom stereocenters. The van der Waals surface area contributed by atoms with E-state index in [1.54, 1.807) is 18.2 Å². The second-order valence-electron chi connectivity index (χ2n) is 3.02. The van der Waals surface area contributed by atoms with Gasteiger partial charge in [-0.3, -0.25) is 4.79 Å². The summed E-state index contributed by atoms with van der Waals surface area (Å²) < 4.78 is 0.811. The van der Waals surface area contributed by atoms with Crippen molar-refractivity contribution < 1.29 is 9.90 Å². The van der Waals surface area contributed by atoms with Crippen LogP contribution in [0.25, 0.3) is 0 Å². The van der Waals surface area contributed by atoms with E-state index < -0.39 is 5.38 Å². The lowest BCUT2D eigenvalue weighted by atomic mass is 10.1. The van der Waals surface area contributed by atoms with Crippen molar-refractivity contribution in [3.05, 3.63) is 33.8 Å². The lowest BCUT2D eigenvalue weighted by Gasteiger charge is -2.08. The molecule has 1 aromatic rings. The van der Waals surface area contributed by atoms with Gasteiger partial charge in [0.05, 0.1) is 6.61 Å². The van der Waals surface area contributed by atoms with Crippen LogP contribution in [0.1, 0.15) is 23.4 Å². The minimum atomic E-state index is -0.641. The Bertz CT molecular complexity index is 352. The number of ketones is 1. The summed E-state index contributed by atoms with van der Waals surface area (Å²) in [6.07, 6.45) is 0. The molecule has 2 nitrogen and oxygen atoms in total. The first kappa shape index (κ1) is 11.7. The van der Waals surface area contributed by atoms with Gasteiger partial charge in [-0.05, 0) is 30.2 Å². The van der Waals surface area contributed by atoms with Crippen molar-refractivity contribution in [3.63, 3.8) is 0 Å². The van der Waals surface area contributed by atoms with Crippen molar-refractivity contribution in [3.8, 4) is 0 Å². The molecule has 0 aliphatic rings. The maximum Gasteiger partial charge on any atom is 0.152 e. The topological polar surface area (TPSA) is 37.3 Å². The minimum absolute atomic E-state index is 0.0616. The molecule has 76 valence electrons. The van der Waals surface area contributed by atoms with Crippen LogP contribution in [-0.4, -0.2) is 10.9 Å². The highest BCUT2D eigenvalue weighted by molar-refractivity contribution is 9.10. The number of alkyl halides is 1. The van der Waals surface area contributed by atoms with E-state index in [9.17, 15) is 4.79 Å². The molecule has 1 N–H and O–H groups in total. The molecular weight excluding hydrogens is 267 g/mol. The number of hydrogen-bond donors (Lipinski definition) is 1. The molecular formula is C10H10BrClO2. The lowest BCUT2D eigenvalue weighted by Crippen LogP contribution is -2.02. The zero-order valence-electron chi connectivity index (χ0n) is 7.63. The van der Waals surface area contributed by atoms with Crippen LogP contribution < -0.4 is 0 Å². The van der Waals surface area contributed by atoms with Gasteiger partial charge in [0.25, 0.3) is 0 Å². The molecule has 0 bridgehead atoms. The number of carbonyl (C=O) groups excluding carboxylic acids is 1. The molecule has 1 unspecified atom stereocenters. The number of aliphatic hydroxyl groups is 1. The van der Waals surface area contributed by atoms with Gasteiger partial charge in [-0.1, -0.05) is 22.0 Å². The summed E-state index contributed by atoms with van der Waals surface area (Å²) in [5, 5.41) is 8.32. The van der Waals surface area contributed by atoms with Gasteiger partial charge in [-0.15, -0.1) is 11.6 Å². The fraction of sp³-hybridized carbons (Fsp3) is 0.300. The van der Waals surface area contributed by atoms with Crippen molar-refractivity contribution in [2.45, 2.75) is 18.9 Å². The Balaban J connectivity index is 3.08. The minimum Gasteiger partial charge on any atom is -0.392 e. The fourth-order valence-electron chi connectivity index (χ4n) is 1.15. The van der Waals surface area contributed by atoms with E-state index in [0.29, 0.717) is 5.56 Å². The second kappa shape index (κ2) is 4.91. The Hall–Kier alpha value is -0.380. The first-order valence-corrected chi connectivity index (χ1v) is 5.32. The van der Waals surface area contributed by atoms with Gasteiger partial charge < -0.3 is 5.11 Å². The molecule has 0 fully saturated rings. The van der Waals surface area contributed by atoms with Crippen molar-refractivity contribution in [2.24, 2.45) is 0 Å². The maximum absolute atomic E-state index is 11.0. The predicted molar refractivity (Wildman–Crippen MR) is 59.3 cm³/mol. The second-order valence-corrected chi connectivity index (χ2v) is 4.38. The third-order valence-corrected chi connectivity index (χ3v) is 2.83. The van der Waals surface area contributed by atoms with Gasteiger partial charge in [0.1, 0.15) is 5.38 Å². The summed E-state index contributed by atoms with van der Waals surface area (Å²) >= 11 is 9.18. The monoisotopic (exact) mass is 276 g/mol. The Morgan fingerprint density at radius 2 is 2.21 bits per heavy atom. The van der Waals surface area contributed by atoms with Crippen LogP contribution in [-0.2, 0) is 11.4 Å². The summed E-state index contributed by atoms with van der Waals surface area (Å²) in [5.74, 6) is -0.103. The molecule has 0 aliphatic heterocycles. The van der Waals surface area contributed by atoms with Gasteiger partial charge >= 0.3 is 0 Å². The van der Waals surface area contributed by atoms with Crippen LogP contribution in [0.3, 0.4) is 0 Å². The van der Waals surface area contributed by atoms with Crippen molar-refractivity contribution >= 4 is 33.3 Å². The van der Waals surface area contributed by atoms with Crippen molar-refractivity contribution in [1.29, 1.82) is 0 Å². The van der Waals surface area contributed by atoms with E-state index in [-0.39, 0.29) is 12.4 Å². The Kier molecular flexibility index (Phi) is 4.11. The van der Waals surface area contributed by atoms with Crippen LogP contribution in [0, 0.1) is 0 Å². The van der Waals surface area contributed by atoms with Crippen LogP contribution >= 0.6 is 27.5 Å². The maximum atomic E-state index is 11.0. The highest BCUT2D eigenvalue weighted by atomic mass is 79.9. The smallest absolute Gasteiger partial charge is 0.152 e. The van der Waals surface area contributed by atoms with E-state index in [1.165, 1.54) is 6.92 Å². The molecule has 0 aliphatic carbocycles. The van der Waals surface area contributed by atoms with E-state index >= 15 is 0 Å². The standard InChI is InChI=1S/C10H10BrClO2/c1-6(14)10(12)8-2-7(5-13)3-9(11)4-8/h2-4,10,13H,5H2,1H3. The number of halogens is 2. The Morgan fingerprint density at radius 1 is 1.57 bits per heavy atom. The average molecular weight is 278 g/mol. The van der Waals surface area contributed by atoms with Crippen LogP contribution in [0.5, 0.6) is 0 Å². The fourth-order valence-corrected chi connectivity index (χ4v) is 1.83. The van der Waals surface area contributed by atoms with Crippen LogP contribution in [0.4, 0.5) is 0 Å². The number of rotatable bonds is 3.